The summed E-state index contributed by atoms with van der Waals surface area (Å²) < 4.78 is 12.1. The number of carbonyl (C=O) groups is 2. The van der Waals surface area contributed by atoms with E-state index >= 15 is 0 Å². The summed E-state index contributed by atoms with van der Waals surface area (Å²) in [6.45, 7) is 8.56. The van der Waals surface area contributed by atoms with Gasteiger partial charge in [0, 0.05) is 36.9 Å². The van der Waals surface area contributed by atoms with E-state index in [1.54, 1.807) is 43.2 Å². The molecule has 0 aliphatic heterocycles. The van der Waals surface area contributed by atoms with Crippen LogP contribution in [0.4, 0.5) is 16.3 Å². The number of ether oxygens (including phenoxy) is 2. The van der Waals surface area contributed by atoms with Gasteiger partial charge in [0.25, 0.3) is 0 Å². The average molecular weight is 494 g/mol. The Morgan fingerprint density at radius 3 is 2.44 bits per heavy atom. The average Bonchev–Trinajstić information content (AvgIpc) is 3.26. The lowest BCUT2D eigenvalue weighted by Gasteiger charge is -2.22. The Balaban J connectivity index is 1.81. The second kappa shape index (κ2) is 11.7. The first kappa shape index (κ1) is 26.7. The summed E-state index contributed by atoms with van der Waals surface area (Å²) in [7, 11) is 3.11. The number of nitrogens with zero attached hydrogens (tertiary/aromatic N) is 3. The first-order chi connectivity index (χ1) is 17.1. The molecule has 36 heavy (non-hydrogen) atoms. The molecule has 0 unspecified atom stereocenters. The number of aromatic nitrogens is 2. The lowest BCUT2D eigenvalue weighted by atomic mass is 9.92. The van der Waals surface area contributed by atoms with Crippen LogP contribution in [0.3, 0.4) is 0 Å². The molecule has 9 nitrogen and oxygen atoms in total. The summed E-state index contributed by atoms with van der Waals surface area (Å²) in [5.41, 5.74) is 3.09. The van der Waals surface area contributed by atoms with E-state index in [1.165, 1.54) is 4.90 Å². The van der Waals surface area contributed by atoms with Crippen LogP contribution in [0.1, 0.15) is 32.0 Å². The van der Waals surface area contributed by atoms with E-state index in [2.05, 4.69) is 31.4 Å². The van der Waals surface area contributed by atoms with Crippen molar-refractivity contribution >= 4 is 23.4 Å². The normalized spacial score (nSPS) is 11.2. The van der Waals surface area contributed by atoms with E-state index in [9.17, 15) is 9.59 Å². The third-order valence-electron chi connectivity index (χ3n) is 5.60. The number of amides is 3. The molecule has 0 fully saturated rings. The molecule has 1 aromatic heterocycles. The maximum absolute atomic E-state index is 13.1. The second-order valence-corrected chi connectivity index (χ2v) is 9.49. The van der Waals surface area contributed by atoms with Crippen LogP contribution in [0.5, 0.6) is 5.75 Å². The topological polar surface area (TPSA) is 97.7 Å². The molecule has 2 aromatic carbocycles. The molecule has 0 radical (unpaired) electrons. The van der Waals surface area contributed by atoms with Gasteiger partial charge in [-0.1, -0.05) is 45.0 Å². The molecule has 3 aromatic rings. The fraction of sp³-hybridized carbons (Fsp3) is 0.370. The summed E-state index contributed by atoms with van der Waals surface area (Å²) in [5, 5.41) is 10.5. The first-order valence-electron chi connectivity index (χ1n) is 11.8. The third-order valence-corrected chi connectivity index (χ3v) is 5.60. The van der Waals surface area contributed by atoms with Crippen LogP contribution in [-0.4, -0.2) is 60.5 Å². The van der Waals surface area contributed by atoms with Crippen molar-refractivity contribution in [2.24, 2.45) is 0 Å². The maximum Gasteiger partial charge on any atom is 0.322 e. The van der Waals surface area contributed by atoms with Gasteiger partial charge in [-0.2, -0.15) is 5.10 Å². The van der Waals surface area contributed by atoms with Gasteiger partial charge in [0.05, 0.1) is 25.1 Å². The smallest absolute Gasteiger partial charge is 0.322 e. The number of aryl methyl sites for hydroxylation is 1. The Kier molecular flexibility index (Phi) is 8.71. The number of anilines is 2. The van der Waals surface area contributed by atoms with E-state index in [0.29, 0.717) is 17.3 Å². The minimum atomic E-state index is -0.418. The Hall–Kier alpha value is -3.85. The maximum atomic E-state index is 13.1. The van der Waals surface area contributed by atoms with Crippen LogP contribution < -0.4 is 15.4 Å². The Morgan fingerprint density at radius 2 is 1.78 bits per heavy atom. The lowest BCUT2D eigenvalue weighted by molar-refractivity contribution is -0.116. The molecule has 3 amide bonds. The van der Waals surface area contributed by atoms with Crippen LogP contribution in [0.15, 0.2) is 54.6 Å². The minimum absolute atomic E-state index is 0.164. The van der Waals surface area contributed by atoms with E-state index in [4.69, 9.17) is 14.6 Å². The highest BCUT2D eigenvalue weighted by molar-refractivity contribution is 5.96. The van der Waals surface area contributed by atoms with Gasteiger partial charge in [-0.3, -0.25) is 4.79 Å². The van der Waals surface area contributed by atoms with Crippen molar-refractivity contribution in [3.8, 4) is 11.4 Å². The van der Waals surface area contributed by atoms with Crippen molar-refractivity contribution < 1.29 is 19.1 Å². The number of hydrogen-bond acceptors (Lipinski definition) is 5. The SMILES string of the molecule is COCCN(CC(=O)Nc1cc(C(C)(C)C)nn1-c1ccccc1C)C(=O)Nc1cccc(OC)c1. The van der Waals surface area contributed by atoms with Crippen LogP contribution in [0.25, 0.3) is 5.69 Å². The summed E-state index contributed by atoms with van der Waals surface area (Å²) in [6, 6.07) is 16.3. The van der Waals surface area contributed by atoms with Crippen LogP contribution >= 0.6 is 0 Å². The summed E-state index contributed by atoms with van der Waals surface area (Å²) in [5.74, 6) is 0.814. The van der Waals surface area contributed by atoms with Gasteiger partial charge in [-0.05, 0) is 30.7 Å². The molecule has 0 spiro atoms. The summed E-state index contributed by atoms with van der Waals surface area (Å²) >= 11 is 0. The zero-order valence-electron chi connectivity index (χ0n) is 21.8. The number of hydrogen-bond donors (Lipinski definition) is 2. The van der Waals surface area contributed by atoms with Gasteiger partial charge >= 0.3 is 6.03 Å². The molecule has 0 saturated carbocycles. The van der Waals surface area contributed by atoms with Crippen molar-refractivity contribution in [1.29, 1.82) is 0 Å². The standard InChI is InChI=1S/C27H35N5O4/c1-19-10-7-8-13-22(19)32-24(17-23(30-32)27(2,3)4)29-25(33)18-31(14-15-35-5)26(34)28-20-11-9-12-21(16-20)36-6/h7-13,16-17H,14-15,18H2,1-6H3,(H,28,34)(H,29,33). The summed E-state index contributed by atoms with van der Waals surface area (Å²) in [4.78, 5) is 27.5. The second-order valence-electron chi connectivity index (χ2n) is 9.49. The van der Waals surface area contributed by atoms with E-state index in [1.807, 2.05) is 37.3 Å². The minimum Gasteiger partial charge on any atom is -0.497 e. The van der Waals surface area contributed by atoms with Gasteiger partial charge in [-0.15, -0.1) is 0 Å². The molecule has 0 atom stereocenters. The van der Waals surface area contributed by atoms with E-state index in [-0.39, 0.29) is 31.0 Å². The van der Waals surface area contributed by atoms with Crippen LogP contribution in [-0.2, 0) is 14.9 Å². The van der Waals surface area contributed by atoms with Crippen LogP contribution in [0.2, 0.25) is 0 Å². The fourth-order valence-corrected chi connectivity index (χ4v) is 3.53. The van der Waals surface area contributed by atoms with Crippen molar-refractivity contribution in [2.45, 2.75) is 33.1 Å². The van der Waals surface area contributed by atoms with Gasteiger partial charge in [0.2, 0.25) is 5.91 Å². The molecule has 0 bridgehead atoms. The zero-order chi connectivity index (χ0) is 26.3. The molecular formula is C27H35N5O4. The van der Waals surface area contributed by atoms with E-state index in [0.717, 1.165) is 16.9 Å². The van der Waals surface area contributed by atoms with Gasteiger partial charge < -0.3 is 25.0 Å². The molecule has 9 heteroatoms. The number of urea groups is 1. The monoisotopic (exact) mass is 493 g/mol. The Bertz CT molecular complexity index is 1200. The quantitative estimate of drug-likeness (QED) is 0.454. The number of rotatable bonds is 9. The predicted octanol–water partition coefficient (Wildman–Crippen LogP) is 4.61. The lowest BCUT2D eigenvalue weighted by Crippen LogP contribution is -2.42. The van der Waals surface area contributed by atoms with Crippen molar-refractivity contribution in [2.75, 3.05) is 44.5 Å². The van der Waals surface area contributed by atoms with Crippen molar-refractivity contribution in [3.05, 3.63) is 65.9 Å². The highest BCUT2D eigenvalue weighted by Gasteiger charge is 2.23. The van der Waals surface area contributed by atoms with Gasteiger partial charge in [0.1, 0.15) is 18.1 Å². The largest absolute Gasteiger partial charge is 0.497 e. The molecular weight excluding hydrogens is 458 g/mol. The summed E-state index contributed by atoms with van der Waals surface area (Å²) in [6.07, 6.45) is 0. The molecule has 0 saturated heterocycles. The number of carbonyl (C=O) groups excluding carboxylic acids is 2. The Morgan fingerprint density at radius 1 is 1.03 bits per heavy atom. The molecule has 0 aliphatic carbocycles. The molecule has 1 heterocycles. The van der Waals surface area contributed by atoms with Crippen molar-refractivity contribution in [1.82, 2.24) is 14.7 Å². The van der Waals surface area contributed by atoms with Crippen LogP contribution in [0, 0.1) is 6.92 Å². The van der Waals surface area contributed by atoms with Gasteiger partial charge in [-0.25, -0.2) is 9.48 Å². The first-order valence-corrected chi connectivity index (χ1v) is 11.8. The Labute approximate surface area is 212 Å². The highest BCUT2D eigenvalue weighted by atomic mass is 16.5. The number of para-hydroxylation sites is 1. The third kappa shape index (κ3) is 6.85. The molecule has 2 N–H and O–H groups in total. The van der Waals surface area contributed by atoms with Crippen molar-refractivity contribution in [3.63, 3.8) is 0 Å². The molecule has 3 rings (SSSR count). The fourth-order valence-electron chi connectivity index (χ4n) is 3.53. The highest BCUT2D eigenvalue weighted by Crippen LogP contribution is 2.27. The molecule has 0 aliphatic rings. The predicted molar refractivity (Wildman–Crippen MR) is 141 cm³/mol. The number of methoxy groups -OCH3 is 2. The number of benzene rings is 2. The number of nitrogens with one attached hydrogen (secondary N) is 2. The van der Waals surface area contributed by atoms with E-state index < -0.39 is 6.03 Å². The van der Waals surface area contributed by atoms with Gasteiger partial charge in [0.15, 0.2) is 0 Å². The molecule has 192 valence electrons. The zero-order valence-corrected chi connectivity index (χ0v) is 21.8.